The number of halogens is 6. The number of aromatic nitrogens is 3. The van der Waals surface area contributed by atoms with Gasteiger partial charge in [-0.25, -0.2) is 22.5 Å². The van der Waals surface area contributed by atoms with E-state index in [0.29, 0.717) is 11.3 Å². The zero-order valence-electron chi connectivity index (χ0n) is 16.2. The number of nitrogens with one attached hydrogen (secondary N) is 1. The lowest BCUT2D eigenvalue weighted by Gasteiger charge is -2.35. The number of hydrogen-bond acceptors (Lipinski definition) is 5. The first-order valence-electron chi connectivity index (χ1n) is 9.40. The lowest BCUT2D eigenvalue weighted by Crippen LogP contribution is -2.44. The molecule has 1 saturated carbocycles. The normalized spacial score (nSPS) is 15.5. The van der Waals surface area contributed by atoms with Crippen LogP contribution in [-0.2, 0) is 6.61 Å². The highest BCUT2D eigenvalue weighted by molar-refractivity contribution is 5.41. The Morgan fingerprint density at radius 1 is 1.16 bits per heavy atom. The van der Waals surface area contributed by atoms with E-state index in [2.05, 4.69) is 20.0 Å². The fraction of sp³-hybridized carbons (Fsp3) is 0.300. The van der Waals surface area contributed by atoms with Crippen molar-refractivity contribution in [2.75, 3.05) is 5.32 Å². The summed E-state index contributed by atoms with van der Waals surface area (Å²) in [5.41, 5.74) is 0.988. The van der Waals surface area contributed by atoms with E-state index in [-0.39, 0.29) is 18.4 Å². The van der Waals surface area contributed by atoms with E-state index >= 15 is 0 Å². The highest BCUT2D eigenvalue weighted by atomic mass is 19.3. The summed E-state index contributed by atoms with van der Waals surface area (Å²) in [5, 5.41) is 2.60. The van der Waals surface area contributed by atoms with Crippen molar-refractivity contribution in [3.8, 4) is 17.4 Å². The molecule has 1 aliphatic rings. The van der Waals surface area contributed by atoms with E-state index in [1.165, 1.54) is 10.6 Å². The van der Waals surface area contributed by atoms with E-state index in [0.717, 1.165) is 18.3 Å². The molecule has 170 valence electrons. The first kappa shape index (κ1) is 21.8. The van der Waals surface area contributed by atoms with Gasteiger partial charge in [-0.1, -0.05) is 0 Å². The van der Waals surface area contributed by atoms with Gasteiger partial charge in [0, 0.05) is 48.6 Å². The molecule has 0 radical (unpaired) electrons. The average Bonchev–Trinajstić information content (AvgIpc) is 3.17. The van der Waals surface area contributed by atoms with Gasteiger partial charge < -0.3 is 19.4 Å². The lowest BCUT2D eigenvalue weighted by atomic mass is 9.88. The lowest BCUT2D eigenvalue weighted by molar-refractivity contribution is -0.0794. The third-order valence-electron chi connectivity index (χ3n) is 4.70. The fourth-order valence-corrected chi connectivity index (χ4v) is 3.15. The molecular weight excluding hydrogens is 442 g/mol. The molecule has 2 heterocycles. The Labute approximate surface area is 177 Å². The number of hydrogen-bond donors (Lipinski definition) is 1. The molecular formula is C20H16F6N4O2. The Balaban J connectivity index is 1.40. The molecule has 32 heavy (non-hydrogen) atoms. The van der Waals surface area contributed by atoms with Crippen LogP contribution in [0.2, 0.25) is 0 Å². The van der Waals surface area contributed by atoms with Gasteiger partial charge in [-0.2, -0.15) is 13.8 Å². The Hall–Kier alpha value is -3.44. The highest BCUT2D eigenvalue weighted by Crippen LogP contribution is 2.39. The topological polar surface area (TPSA) is 61.2 Å². The summed E-state index contributed by atoms with van der Waals surface area (Å²) in [6.45, 7) is -3.19. The fourth-order valence-electron chi connectivity index (χ4n) is 3.15. The maximum Gasteiger partial charge on any atom is 0.387 e. The molecule has 0 unspecified atom stereocenters. The number of rotatable bonds is 8. The van der Waals surface area contributed by atoms with Crippen molar-refractivity contribution in [1.82, 2.24) is 14.5 Å². The molecule has 6 nitrogen and oxygen atoms in total. The molecule has 1 aromatic carbocycles. The van der Waals surface area contributed by atoms with Crippen molar-refractivity contribution in [1.29, 1.82) is 0 Å². The summed E-state index contributed by atoms with van der Waals surface area (Å²) in [6, 6.07) is 4.40. The first-order chi connectivity index (χ1) is 15.2. The second-order valence-corrected chi connectivity index (χ2v) is 7.16. The molecule has 0 saturated heterocycles. The van der Waals surface area contributed by atoms with Crippen molar-refractivity contribution in [2.45, 2.75) is 38.0 Å². The van der Waals surface area contributed by atoms with Gasteiger partial charge in [0.25, 0.3) is 5.92 Å². The number of benzene rings is 1. The third kappa shape index (κ3) is 5.06. The summed E-state index contributed by atoms with van der Waals surface area (Å²) >= 11 is 0. The number of nitrogens with zero attached hydrogens (tertiary/aromatic N) is 3. The van der Waals surface area contributed by atoms with Crippen molar-refractivity contribution in [3.63, 3.8) is 0 Å². The van der Waals surface area contributed by atoms with Crippen molar-refractivity contribution in [3.05, 3.63) is 60.1 Å². The zero-order chi connectivity index (χ0) is 22.9. The van der Waals surface area contributed by atoms with Gasteiger partial charge in [0.05, 0.1) is 6.20 Å². The monoisotopic (exact) mass is 458 g/mol. The van der Waals surface area contributed by atoms with Gasteiger partial charge in [-0.05, 0) is 18.2 Å². The van der Waals surface area contributed by atoms with Crippen LogP contribution in [0, 0.1) is 11.6 Å². The van der Waals surface area contributed by atoms with Crippen LogP contribution in [0.25, 0.3) is 5.69 Å². The summed E-state index contributed by atoms with van der Waals surface area (Å²) in [5.74, 6) is -5.30. The second-order valence-electron chi connectivity index (χ2n) is 7.16. The van der Waals surface area contributed by atoms with Crippen LogP contribution in [0.15, 0.2) is 42.9 Å². The van der Waals surface area contributed by atoms with Crippen molar-refractivity contribution < 1.29 is 35.8 Å². The van der Waals surface area contributed by atoms with Gasteiger partial charge in [-0.3, -0.25) is 0 Å². The van der Waals surface area contributed by atoms with Gasteiger partial charge >= 0.3 is 12.6 Å². The predicted octanol–water partition coefficient (Wildman–Crippen LogP) is 4.94. The largest absolute Gasteiger partial charge is 0.458 e. The summed E-state index contributed by atoms with van der Waals surface area (Å²) in [7, 11) is 0. The summed E-state index contributed by atoms with van der Waals surface area (Å²) in [4.78, 5) is 7.59. The maximum atomic E-state index is 13.9. The van der Waals surface area contributed by atoms with Crippen LogP contribution >= 0.6 is 0 Å². The molecule has 0 spiro atoms. The molecule has 0 amide bonds. The van der Waals surface area contributed by atoms with E-state index in [1.807, 2.05) is 0 Å². The minimum Gasteiger partial charge on any atom is -0.458 e. The molecule has 1 fully saturated rings. The first-order valence-corrected chi connectivity index (χ1v) is 9.40. The molecule has 0 bridgehead atoms. The minimum absolute atomic E-state index is 0.0266. The van der Waals surface area contributed by atoms with Crippen LogP contribution in [0.5, 0.6) is 11.8 Å². The Bertz CT molecular complexity index is 1100. The van der Waals surface area contributed by atoms with Gasteiger partial charge in [0.1, 0.15) is 6.61 Å². The summed E-state index contributed by atoms with van der Waals surface area (Å²) < 4.78 is 89.3. The van der Waals surface area contributed by atoms with Gasteiger partial charge in [0.15, 0.2) is 23.2 Å². The number of ether oxygens (including phenoxy) is 2. The standard InChI is InChI=1S/C20H16F6N4O2/c21-14-2-1-13(5-16(14)32-18(23)24)30-4-3-11(9-30)10-31-19-27-8-15(22)17(29-19)28-12-6-20(25,26)7-12/h1-5,8-9,12,18H,6-7,10H2,(H,27,28,29). The van der Waals surface area contributed by atoms with Crippen molar-refractivity contribution in [2.24, 2.45) is 0 Å². The predicted molar refractivity (Wildman–Crippen MR) is 100 cm³/mol. The quantitative estimate of drug-likeness (QED) is 0.485. The van der Waals surface area contributed by atoms with Gasteiger partial charge in [0.2, 0.25) is 0 Å². The molecule has 1 N–H and O–H groups in total. The Morgan fingerprint density at radius 2 is 1.94 bits per heavy atom. The number of alkyl halides is 4. The smallest absolute Gasteiger partial charge is 0.387 e. The molecule has 0 atom stereocenters. The highest BCUT2D eigenvalue weighted by Gasteiger charge is 2.45. The molecule has 1 aliphatic carbocycles. The molecule has 2 aromatic heterocycles. The molecule has 12 heteroatoms. The van der Waals surface area contributed by atoms with Crippen LogP contribution in [0.1, 0.15) is 18.4 Å². The molecule has 4 rings (SSSR count). The van der Waals surface area contributed by atoms with E-state index in [4.69, 9.17) is 4.74 Å². The van der Waals surface area contributed by atoms with Crippen LogP contribution in [0.3, 0.4) is 0 Å². The Kier molecular flexibility index (Phi) is 5.85. The van der Waals surface area contributed by atoms with Crippen LogP contribution in [0.4, 0.5) is 32.2 Å². The van der Waals surface area contributed by atoms with Crippen LogP contribution < -0.4 is 14.8 Å². The van der Waals surface area contributed by atoms with Gasteiger partial charge in [-0.15, -0.1) is 0 Å². The zero-order valence-corrected chi connectivity index (χ0v) is 16.2. The van der Waals surface area contributed by atoms with Crippen molar-refractivity contribution >= 4 is 5.82 Å². The second kappa shape index (κ2) is 8.60. The van der Waals surface area contributed by atoms with E-state index in [1.54, 1.807) is 18.5 Å². The van der Waals surface area contributed by atoms with E-state index in [9.17, 15) is 26.3 Å². The summed E-state index contributed by atoms with van der Waals surface area (Å²) in [6.07, 6.45) is 3.24. The number of anilines is 1. The average molecular weight is 458 g/mol. The minimum atomic E-state index is -3.16. The third-order valence-corrected chi connectivity index (χ3v) is 4.70. The Morgan fingerprint density at radius 3 is 2.66 bits per heavy atom. The maximum absolute atomic E-state index is 13.9. The molecule has 3 aromatic rings. The van der Waals surface area contributed by atoms with Crippen LogP contribution in [-0.4, -0.2) is 33.1 Å². The van der Waals surface area contributed by atoms with E-state index < -0.39 is 48.8 Å². The SMILES string of the molecule is Fc1ccc(-n2ccc(COc3ncc(F)c(NC4CC(F)(F)C4)n3)c2)cc1OC(F)F. The molecule has 0 aliphatic heterocycles.